The number of halogens is 3. The number of fused-ring (bicyclic) bond motifs is 1. The lowest BCUT2D eigenvalue weighted by Crippen LogP contribution is -2.34. The zero-order valence-corrected chi connectivity index (χ0v) is 16.4. The first-order chi connectivity index (χ1) is 14.7. The topological polar surface area (TPSA) is 109 Å². The molecule has 2 saturated heterocycles. The van der Waals surface area contributed by atoms with Crippen LogP contribution in [-0.4, -0.2) is 81.8 Å². The lowest BCUT2D eigenvalue weighted by Gasteiger charge is -2.22. The highest BCUT2D eigenvalue weighted by molar-refractivity contribution is 5.92. The lowest BCUT2D eigenvalue weighted by atomic mass is 10.1. The summed E-state index contributed by atoms with van der Waals surface area (Å²) in [4.78, 5) is 33.6. The average molecular weight is 442 g/mol. The third kappa shape index (κ3) is 6.25. The van der Waals surface area contributed by atoms with E-state index in [9.17, 15) is 18.0 Å². The van der Waals surface area contributed by atoms with E-state index in [1.54, 1.807) is 18.5 Å². The SMILES string of the molecule is O=C(O)C(F)(F)F.O=C(c1ccncn1)N1C[C@@H]2CN(Cc3ccco3)CCO[C@@H]2C1. The number of carbonyl (C=O) groups excluding carboxylic acids is 1. The number of hydrogen-bond acceptors (Lipinski definition) is 7. The van der Waals surface area contributed by atoms with Crippen LogP contribution in [-0.2, 0) is 16.1 Å². The predicted molar refractivity (Wildman–Crippen MR) is 98.8 cm³/mol. The Morgan fingerprint density at radius 1 is 1.23 bits per heavy atom. The minimum Gasteiger partial charge on any atom is -0.475 e. The van der Waals surface area contributed by atoms with Crippen LogP contribution < -0.4 is 0 Å². The number of aromatic nitrogens is 2. The van der Waals surface area contributed by atoms with E-state index in [4.69, 9.17) is 19.1 Å². The van der Waals surface area contributed by atoms with Gasteiger partial charge in [0.2, 0.25) is 0 Å². The van der Waals surface area contributed by atoms with Crippen molar-refractivity contribution in [3.05, 3.63) is 48.4 Å². The van der Waals surface area contributed by atoms with E-state index < -0.39 is 12.1 Å². The maximum Gasteiger partial charge on any atom is 0.490 e. The van der Waals surface area contributed by atoms with Crippen LogP contribution in [0.1, 0.15) is 16.2 Å². The number of carbonyl (C=O) groups is 2. The Morgan fingerprint density at radius 3 is 2.61 bits per heavy atom. The molecule has 2 aromatic rings. The van der Waals surface area contributed by atoms with Gasteiger partial charge in [0.15, 0.2) is 0 Å². The van der Waals surface area contributed by atoms with Crippen LogP contribution in [0.15, 0.2) is 41.4 Å². The van der Waals surface area contributed by atoms with Gasteiger partial charge in [-0.1, -0.05) is 0 Å². The molecule has 9 nitrogen and oxygen atoms in total. The van der Waals surface area contributed by atoms with Crippen LogP contribution in [0.2, 0.25) is 0 Å². The minimum atomic E-state index is -5.08. The summed E-state index contributed by atoms with van der Waals surface area (Å²) >= 11 is 0. The second-order valence-electron chi connectivity index (χ2n) is 7.09. The molecule has 12 heteroatoms. The number of carboxylic acid groups (broad SMARTS) is 1. The molecule has 0 unspecified atom stereocenters. The molecule has 4 heterocycles. The van der Waals surface area contributed by atoms with Gasteiger partial charge in [0.1, 0.15) is 17.8 Å². The van der Waals surface area contributed by atoms with Crippen molar-refractivity contribution >= 4 is 11.9 Å². The fraction of sp³-hybridized carbons (Fsp3) is 0.474. The highest BCUT2D eigenvalue weighted by Gasteiger charge is 2.39. The van der Waals surface area contributed by atoms with Crippen molar-refractivity contribution in [2.45, 2.75) is 18.8 Å². The maximum absolute atomic E-state index is 12.6. The molecule has 2 atom stereocenters. The van der Waals surface area contributed by atoms with Crippen molar-refractivity contribution in [2.75, 3.05) is 32.8 Å². The van der Waals surface area contributed by atoms with Crippen molar-refractivity contribution in [1.29, 1.82) is 0 Å². The Bertz CT molecular complexity index is 863. The van der Waals surface area contributed by atoms with Gasteiger partial charge >= 0.3 is 12.1 Å². The van der Waals surface area contributed by atoms with Crippen LogP contribution in [0.4, 0.5) is 13.2 Å². The Kier molecular flexibility index (Phi) is 7.23. The van der Waals surface area contributed by atoms with E-state index in [-0.39, 0.29) is 12.0 Å². The summed E-state index contributed by atoms with van der Waals surface area (Å²) in [6, 6.07) is 5.55. The first kappa shape index (κ1) is 22.7. The van der Waals surface area contributed by atoms with Gasteiger partial charge < -0.3 is 19.2 Å². The van der Waals surface area contributed by atoms with Gasteiger partial charge in [-0.05, 0) is 18.2 Å². The van der Waals surface area contributed by atoms with Gasteiger partial charge in [0.25, 0.3) is 5.91 Å². The van der Waals surface area contributed by atoms with Crippen molar-refractivity contribution < 1.29 is 37.0 Å². The quantitative estimate of drug-likeness (QED) is 0.765. The number of aliphatic carboxylic acids is 1. The molecule has 0 radical (unpaired) electrons. The maximum atomic E-state index is 12.6. The Hall–Kier alpha value is -2.99. The summed E-state index contributed by atoms with van der Waals surface area (Å²) in [5.74, 6) is -1.53. The highest BCUT2D eigenvalue weighted by Crippen LogP contribution is 2.25. The summed E-state index contributed by atoms with van der Waals surface area (Å²) in [7, 11) is 0. The van der Waals surface area contributed by atoms with Crippen molar-refractivity contribution in [1.82, 2.24) is 19.8 Å². The van der Waals surface area contributed by atoms with E-state index >= 15 is 0 Å². The molecule has 2 aromatic heterocycles. The normalized spacial score (nSPS) is 21.6. The van der Waals surface area contributed by atoms with Crippen LogP contribution in [0.5, 0.6) is 0 Å². The predicted octanol–water partition coefficient (Wildman–Crippen LogP) is 1.68. The molecule has 1 amide bonds. The Balaban J connectivity index is 0.000000339. The van der Waals surface area contributed by atoms with Gasteiger partial charge in [-0.2, -0.15) is 13.2 Å². The fourth-order valence-electron chi connectivity index (χ4n) is 3.47. The second-order valence-corrected chi connectivity index (χ2v) is 7.09. The molecule has 168 valence electrons. The number of nitrogens with zero attached hydrogens (tertiary/aromatic N) is 4. The Morgan fingerprint density at radius 2 is 2.00 bits per heavy atom. The van der Waals surface area contributed by atoms with E-state index in [0.29, 0.717) is 31.3 Å². The molecule has 0 saturated carbocycles. The molecule has 4 rings (SSSR count). The molecule has 2 aliphatic rings. The highest BCUT2D eigenvalue weighted by atomic mass is 19.4. The van der Waals surface area contributed by atoms with Crippen molar-refractivity contribution in [2.24, 2.45) is 5.92 Å². The summed E-state index contributed by atoms with van der Waals surface area (Å²) in [6.45, 7) is 4.56. The van der Waals surface area contributed by atoms with Crippen LogP contribution in [0.25, 0.3) is 0 Å². The standard InChI is InChI=1S/C17H20N4O3.C2HF3O2/c22-17(15-3-4-18-12-19-15)21-9-13-8-20(5-7-24-16(13)11-21)10-14-2-1-6-23-14;3-2(4,5)1(6)7/h1-4,6,12-13,16H,5,7-11H2;(H,6,7)/t13-,16+;/m0./s1. The molecule has 0 bridgehead atoms. The van der Waals surface area contributed by atoms with Crippen LogP contribution >= 0.6 is 0 Å². The molecule has 0 spiro atoms. The molecule has 31 heavy (non-hydrogen) atoms. The summed E-state index contributed by atoms with van der Waals surface area (Å²) in [6.07, 6.45) is -0.291. The number of likely N-dealkylation sites (tertiary alicyclic amines) is 1. The number of rotatable bonds is 3. The zero-order valence-electron chi connectivity index (χ0n) is 16.4. The van der Waals surface area contributed by atoms with E-state index in [0.717, 1.165) is 25.4 Å². The number of ether oxygens (including phenoxy) is 1. The average Bonchev–Trinajstić information content (AvgIpc) is 3.34. The third-order valence-corrected chi connectivity index (χ3v) is 4.90. The summed E-state index contributed by atoms with van der Waals surface area (Å²) in [5.41, 5.74) is 0.439. The van der Waals surface area contributed by atoms with Crippen LogP contribution in [0.3, 0.4) is 0 Å². The first-order valence-corrected chi connectivity index (χ1v) is 9.45. The minimum absolute atomic E-state index is 0.0494. The number of hydrogen-bond donors (Lipinski definition) is 1. The molecular weight excluding hydrogens is 421 g/mol. The van der Waals surface area contributed by atoms with Gasteiger partial charge in [-0.3, -0.25) is 9.69 Å². The number of carboxylic acids is 1. The molecular formula is C19H21F3N4O5. The number of alkyl halides is 3. The van der Waals surface area contributed by atoms with Gasteiger partial charge in [0, 0.05) is 38.3 Å². The number of furan rings is 1. The molecule has 0 aromatic carbocycles. The van der Waals surface area contributed by atoms with Crippen molar-refractivity contribution in [3.8, 4) is 0 Å². The first-order valence-electron chi connectivity index (χ1n) is 9.45. The van der Waals surface area contributed by atoms with Gasteiger partial charge in [-0.25, -0.2) is 14.8 Å². The monoisotopic (exact) mass is 442 g/mol. The smallest absolute Gasteiger partial charge is 0.475 e. The second kappa shape index (κ2) is 9.88. The molecule has 2 aliphatic heterocycles. The largest absolute Gasteiger partial charge is 0.490 e. The van der Waals surface area contributed by atoms with E-state index in [1.165, 1.54) is 6.33 Å². The lowest BCUT2D eigenvalue weighted by molar-refractivity contribution is -0.192. The molecule has 2 fully saturated rings. The zero-order chi connectivity index (χ0) is 22.4. The molecule has 1 N–H and O–H groups in total. The van der Waals surface area contributed by atoms with Gasteiger partial charge in [-0.15, -0.1) is 0 Å². The van der Waals surface area contributed by atoms with E-state index in [2.05, 4.69) is 14.9 Å². The third-order valence-electron chi connectivity index (χ3n) is 4.90. The number of amides is 1. The fourth-order valence-corrected chi connectivity index (χ4v) is 3.47. The summed E-state index contributed by atoms with van der Waals surface area (Å²) in [5, 5.41) is 7.12. The van der Waals surface area contributed by atoms with Gasteiger partial charge in [0.05, 0.1) is 25.5 Å². The van der Waals surface area contributed by atoms with Crippen molar-refractivity contribution in [3.63, 3.8) is 0 Å². The summed E-state index contributed by atoms with van der Waals surface area (Å²) < 4.78 is 43.2. The Labute approximate surface area is 175 Å². The van der Waals surface area contributed by atoms with Crippen LogP contribution in [0, 0.1) is 5.92 Å². The molecule has 0 aliphatic carbocycles. The van der Waals surface area contributed by atoms with E-state index in [1.807, 2.05) is 17.0 Å².